The summed E-state index contributed by atoms with van der Waals surface area (Å²) in [5.41, 5.74) is -0.187. The zero-order valence-corrected chi connectivity index (χ0v) is 6.44. The van der Waals surface area contributed by atoms with Crippen LogP contribution in [-0.2, 0) is 9.53 Å². The van der Waals surface area contributed by atoms with Crippen LogP contribution in [0.15, 0.2) is 0 Å². The molecule has 0 radical (unpaired) electrons. The highest BCUT2D eigenvalue weighted by atomic mass is 16.5. The Morgan fingerprint density at radius 2 is 2.30 bits per heavy atom. The Morgan fingerprint density at radius 3 is 3.00 bits per heavy atom. The maximum absolute atomic E-state index is 10.9. The van der Waals surface area contributed by atoms with E-state index in [1.807, 2.05) is 13.8 Å². The summed E-state index contributed by atoms with van der Waals surface area (Å²) in [6, 6.07) is 0. The average molecular weight is 143 g/mol. The normalized spacial score (nSPS) is 25.2. The minimum absolute atomic E-state index is 0.0856. The third-order valence-electron chi connectivity index (χ3n) is 1.41. The Labute approximate surface area is 60.7 Å². The van der Waals surface area contributed by atoms with Crippen LogP contribution >= 0.6 is 0 Å². The largest absolute Gasteiger partial charge is 0.379 e. The van der Waals surface area contributed by atoms with Crippen LogP contribution in [0.25, 0.3) is 0 Å². The van der Waals surface area contributed by atoms with E-state index >= 15 is 0 Å². The fraction of sp³-hybridized carbons (Fsp3) is 0.857. The van der Waals surface area contributed by atoms with Crippen molar-refractivity contribution in [3.8, 4) is 0 Å². The van der Waals surface area contributed by atoms with Gasteiger partial charge in [0.25, 0.3) is 0 Å². The summed E-state index contributed by atoms with van der Waals surface area (Å²) < 4.78 is 5.20. The molecule has 0 aromatic rings. The molecule has 1 N–H and O–H groups in total. The average Bonchev–Trinajstić information content (AvgIpc) is 1.90. The first-order valence-electron chi connectivity index (χ1n) is 3.49. The molecule has 0 saturated carbocycles. The summed E-state index contributed by atoms with van der Waals surface area (Å²) in [5, 5.41) is 2.85. The van der Waals surface area contributed by atoms with Crippen molar-refractivity contribution in [3.05, 3.63) is 0 Å². The Morgan fingerprint density at radius 1 is 1.60 bits per heavy atom. The molecule has 3 heteroatoms. The van der Waals surface area contributed by atoms with Crippen LogP contribution in [0.4, 0.5) is 0 Å². The Bertz CT molecular complexity index is 143. The highest BCUT2D eigenvalue weighted by Gasteiger charge is 2.23. The molecule has 58 valence electrons. The first-order chi connectivity index (χ1) is 4.60. The Hall–Kier alpha value is -0.570. The second kappa shape index (κ2) is 2.58. The van der Waals surface area contributed by atoms with E-state index in [-0.39, 0.29) is 11.4 Å². The summed E-state index contributed by atoms with van der Waals surface area (Å²) in [4.78, 5) is 10.9. The standard InChI is InChI=1S/C7H13NO2/c1-7(2)5-10-4-3-6(9)8-7/h3-5H2,1-2H3,(H,8,9). The number of carbonyl (C=O) groups is 1. The van der Waals surface area contributed by atoms with Crippen LogP contribution in [0.1, 0.15) is 20.3 Å². The topological polar surface area (TPSA) is 38.3 Å². The molecular formula is C7H13NO2. The van der Waals surface area contributed by atoms with Crippen LogP contribution in [0.5, 0.6) is 0 Å². The highest BCUT2D eigenvalue weighted by Crippen LogP contribution is 2.06. The van der Waals surface area contributed by atoms with Gasteiger partial charge in [-0.1, -0.05) is 0 Å². The van der Waals surface area contributed by atoms with Crippen molar-refractivity contribution in [1.29, 1.82) is 0 Å². The molecule has 0 spiro atoms. The van der Waals surface area contributed by atoms with Gasteiger partial charge in [-0.05, 0) is 13.8 Å². The van der Waals surface area contributed by atoms with Crippen LogP contribution in [0.3, 0.4) is 0 Å². The predicted molar refractivity (Wildman–Crippen MR) is 37.7 cm³/mol. The lowest BCUT2D eigenvalue weighted by Crippen LogP contribution is -2.44. The quantitative estimate of drug-likeness (QED) is 0.529. The highest BCUT2D eigenvalue weighted by molar-refractivity contribution is 5.77. The maximum atomic E-state index is 10.9. The number of amides is 1. The van der Waals surface area contributed by atoms with Crippen molar-refractivity contribution in [1.82, 2.24) is 5.32 Å². The SMILES string of the molecule is CC1(C)COCCC(=O)N1. The van der Waals surface area contributed by atoms with Crippen LogP contribution in [0.2, 0.25) is 0 Å². The number of hydrogen-bond acceptors (Lipinski definition) is 2. The maximum Gasteiger partial charge on any atom is 0.222 e. The lowest BCUT2D eigenvalue weighted by Gasteiger charge is -2.22. The number of hydrogen-bond donors (Lipinski definition) is 1. The van der Waals surface area contributed by atoms with Crippen molar-refractivity contribution in [3.63, 3.8) is 0 Å². The van der Waals surface area contributed by atoms with Gasteiger partial charge in [0.2, 0.25) is 5.91 Å². The van der Waals surface area contributed by atoms with Crippen molar-refractivity contribution in [2.45, 2.75) is 25.8 Å². The lowest BCUT2D eigenvalue weighted by molar-refractivity contribution is -0.121. The molecule has 0 aliphatic carbocycles. The van der Waals surface area contributed by atoms with Crippen molar-refractivity contribution in [2.24, 2.45) is 0 Å². The molecule has 1 aliphatic rings. The molecule has 1 amide bonds. The van der Waals surface area contributed by atoms with E-state index < -0.39 is 0 Å². The van der Waals surface area contributed by atoms with Crippen LogP contribution in [0, 0.1) is 0 Å². The molecule has 1 saturated heterocycles. The van der Waals surface area contributed by atoms with E-state index in [2.05, 4.69) is 5.32 Å². The third kappa shape index (κ3) is 1.99. The first-order valence-corrected chi connectivity index (χ1v) is 3.49. The molecule has 3 nitrogen and oxygen atoms in total. The first kappa shape index (κ1) is 7.54. The van der Waals surface area contributed by atoms with Crippen LogP contribution in [-0.4, -0.2) is 24.7 Å². The molecule has 0 unspecified atom stereocenters. The van der Waals surface area contributed by atoms with Gasteiger partial charge in [0, 0.05) is 6.42 Å². The third-order valence-corrected chi connectivity index (χ3v) is 1.41. The molecule has 1 fully saturated rings. The number of nitrogens with one attached hydrogen (secondary N) is 1. The minimum Gasteiger partial charge on any atom is -0.379 e. The Balaban J connectivity index is 2.54. The van der Waals surface area contributed by atoms with Gasteiger partial charge in [-0.25, -0.2) is 0 Å². The van der Waals surface area contributed by atoms with Crippen molar-refractivity contribution < 1.29 is 9.53 Å². The summed E-state index contributed by atoms with van der Waals surface area (Å²) in [5.74, 6) is 0.0856. The van der Waals surface area contributed by atoms with Gasteiger partial charge in [0.05, 0.1) is 18.8 Å². The number of rotatable bonds is 0. The summed E-state index contributed by atoms with van der Waals surface area (Å²) in [7, 11) is 0. The van der Waals surface area contributed by atoms with Gasteiger partial charge in [0.15, 0.2) is 0 Å². The van der Waals surface area contributed by atoms with E-state index in [1.165, 1.54) is 0 Å². The number of carbonyl (C=O) groups excluding carboxylic acids is 1. The van der Waals surface area contributed by atoms with E-state index in [1.54, 1.807) is 0 Å². The number of ether oxygens (including phenoxy) is 1. The molecule has 1 heterocycles. The predicted octanol–water partition coefficient (Wildman–Crippen LogP) is 0.301. The summed E-state index contributed by atoms with van der Waals surface area (Å²) in [6.07, 6.45) is 0.490. The molecule has 0 bridgehead atoms. The minimum atomic E-state index is -0.187. The second-order valence-electron chi connectivity index (χ2n) is 3.23. The Kier molecular flexibility index (Phi) is 1.94. The van der Waals surface area contributed by atoms with E-state index in [9.17, 15) is 4.79 Å². The molecular weight excluding hydrogens is 130 g/mol. The summed E-state index contributed by atoms with van der Waals surface area (Å²) >= 11 is 0. The van der Waals surface area contributed by atoms with Gasteiger partial charge in [0.1, 0.15) is 0 Å². The van der Waals surface area contributed by atoms with Gasteiger partial charge >= 0.3 is 0 Å². The second-order valence-corrected chi connectivity index (χ2v) is 3.23. The fourth-order valence-corrected chi connectivity index (χ4v) is 0.968. The molecule has 1 rings (SSSR count). The van der Waals surface area contributed by atoms with E-state index in [0.29, 0.717) is 19.6 Å². The van der Waals surface area contributed by atoms with E-state index in [0.717, 1.165) is 0 Å². The lowest BCUT2D eigenvalue weighted by atomic mass is 10.1. The van der Waals surface area contributed by atoms with Crippen molar-refractivity contribution in [2.75, 3.05) is 13.2 Å². The molecule has 0 atom stereocenters. The molecule has 1 aliphatic heterocycles. The van der Waals surface area contributed by atoms with E-state index in [4.69, 9.17) is 4.74 Å². The van der Waals surface area contributed by atoms with Gasteiger partial charge in [-0.15, -0.1) is 0 Å². The zero-order chi connectivity index (χ0) is 7.61. The molecule has 0 aromatic heterocycles. The zero-order valence-electron chi connectivity index (χ0n) is 6.44. The van der Waals surface area contributed by atoms with Gasteiger partial charge in [-0.2, -0.15) is 0 Å². The molecule has 0 aromatic carbocycles. The van der Waals surface area contributed by atoms with Gasteiger partial charge < -0.3 is 10.1 Å². The van der Waals surface area contributed by atoms with Gasteiger partial charge in [-0.3, -0.25) is 4.79 Å². The monoisotopic (exact) mass is 143 g/mol. The van der Waals surface area contributed by atoms with Crippen LogP contribution < -0.4 is 5.32 Å². The summed E-state index contributed by atoms with van der Waals surface area (Å²) in [6.45, 7) is 5.07. The smallest absolute Gasteiger partial charge is 0.222 e. The van der Waals surface area contributed by atoms with Crippen molar-refractivity contribution >= 4 is 5.91 Å². The fourth-order valence-electron chi connectivity index (χ4n) is 0.968. The molecule has 10 heavy (non-hydrogen) atoms.